The first-order chi connectivity index (χ1) is 16.9. The molecule has 0 aromatic heterocycles. The van der Waals surface area contributed by atoms with Gasteiger partial charge in [-0.15, -0.1) is 0 Å². The highest BCUT2D eigenvalue weighted by Crippen LogP contribution is 2.26. The standard InChI is InChI=1S/C27H30FN3O3S/c28-25-11-5-6-12-26(25)31(35(33,34)24-9-3-1-4-10-24)21-27(32)29-19-22-13-15-23(16-14-22)20-30-17-7-2-8-18-30/h1,3-6,9-16H,2,7-8,17-21H2,(H,29,32). The maximum Gasteiger partial charge on any atom is 0.264 e. The summed E-state index contributed by atoms with van der Waals surface area (Å²) >= 11 is 0. The van der Waals surface area contributed by atoms with Crippen molar-refractivity contribution >= 4 is 21.6 Å². The molecule has 3 aromatic carbocycles. The van der Waals surface area contributed by atoms with Gasteiger partial charge in [-0.25, -0.2) is 12.8 Å². The topological polar surface area (TPSA) is 69.7 Å². The monoisotopic (exact) mass is 495 g/mol. The highest BCUT2D eigenvalue weighted by molar-refractivity contribution is 7.92. The lowest BCUT2D eigenvalue weighted by Gasteiger charge is -2.26. The van der Waals surface area contributed by atoms with Crippen LogP contribution in [0.3, 0.4) is 0 Å². The van der Waals surface area contributed by atoms with Crippen molar-refractivity contribution in [2.75, 3.05) is 23.9 Å². The Morgan fingerprint density at radius 1 is 0.857 bits per heavy atom. The van der Waals surface area contributed by atoms with Gasteiger partial charge < -0.3 is 5.32 Å². The number of nitrogens with one attached hydrogen (secondary N) is 1. The van der Waals surface area contributed by atoms with Crippen LogP contribution in [-0.2, 0) is 27.9 Å². The van der Waals surface area contributed by atoms with Crippen molar-refractivity contribution in [3.63, 3.8) is 0 Å². The van der Waals surface area contributed by atoms with E-state index in [1.165, 1.54) is 61.2 Å². The van der Waals surface area contributed by atoms with Gasteiger partial charge in [-0.3, -0.25) is 14.0 Å². The molecule has 0 bridgehead atoms. The van der Waals surface area contributed by atoms with Gasteiger partial charge in [0.05, 0.1) is 10.6 Å². The first-order valence-corrected chi connectivity index (χ1v) is 13.3. The number of likely N-dealkylation sites (tertiary alicyclic amines) is 1. The smallest absolute Gasteiger partial charge is 0.264 e. The van der Waals surface area contributed by atoms with Crippen LogP contribution in [-0.4, -0.2) is 38.9 Å². The molecule has 3 aromatic rings. The summed E-state index contributed by atoms with van der Waals surface area (Å²) in [6.07, 6.45) is 3.79. The zero-order valence-electron chi connectivity index (χ0n) is 19.6. The van der Waals surface area contributed by atoms with Crippen molar-refractivity contribution in [1.82, 2.24) is 10.2 Å². The summed E-state index contributed by atoms with van der Waals surface area (Å²) in [5, 5.41) is 2.77. The van der Waals surface area contributed by atoms with Crippen LogP contribution in [0.5, 0.6) is 0 Å². The van der Waals surface area contributed by atoms with E-state index in [-0.39, 0.29) is 17.1 Å². The van der Waals surface area contributed by atoms with Crippen molar-refractivity contribution < 1.29 is 17.6 Å². The minimum absolute atomic E-state index is 0.0136. The van der Waals surface area contributed by atoms with Crippen molar-refractivity contribution in [3.8, 4) is 0 Å². The number of para-hydroxylation sites is 1. The number of halogens is 1. The predicted octanol–water partition coefficient (Wildman–Crippen LogP) is 4.32. The van der Waals surface area contributed by atoms with Crippen molar-refractivity contribution in [1.29, 1.82) is 0 Å². The van der Waals surface area contributed by atoms with E-state index in [0.717, 1.165) is 29.5 Å². The number of hydrogen-bond donors (Lipinski definition) is 1. The fraction of sp³-hybridized carbons (Fsp3) is 0.296. The van der Waals surface area contributed by atoms with Gasteiger partial charge in [0.15, 0.2) is 0 Å². The first kappa shape index (κ1) is 24.9. The molecular weight excluding hydrogens is 465 g/mol. The largest absolute Gasteiger partial charge is 0.350 e. The minimum Gasteiger partial charge on any atom is -0.350 e. The molecule has 8 heteroatoms. The SMILES string of the molecule is O=C(CN(c1ccccc1F)S(=O)(=O)c1ccccc1)NCc1ccc(CN2CCCCC2)cc1. The Morgan fingerprint density at radius 3 is 2.17 bits per heavy atom. The van der Waals surface area contributed by atoms with E-state index < -0.39 is 28.3 Å². The molecule has 1 saturated heterocycles. The number of piperidine rings is 1. The average Bonchev–Trinajstić information content (AvgIpc) is 2.88. The molecular formula is C27H30FN3O3S. The summed E-state index contributed by atoms with van der Waals surface area (Å²) in [5.41, 5.74) is 1.96. The molecule has 0 saturated carbocycles. The number of benzene rings is 3. The number of anilines is 1. The van der Waals surface area contributed by atoms with Crippen molar-refractivity contribution in [2.24, 2.45) is 0 Å². The molecule has 184 valence electrons. The molecule has 1 N–H and O–H groups in total. The Bertz CT molecular complexity index is 1230. The highest BCUT2D eigenvalue weighted by atomic mass is 32.2. The van der Waals surface area contributed by atoms with E-state index in [0.29, 0.717) is 0 Å². The van der Waals surface area contributed by atoms with Crippen LogP contribution in [0.25, 0.3) is 0 Å². The fourth-order valence-corrected chi connectivity index (χ4v) is 5.65. The third-order valence-electron chi connectivity index (χ3n) is 6.11. The zero-order valence-corrected chi connectivity index (χ0v) is 20.4. The summed E-state index contributed by atoms with van der Waals surface area (Å²) in [7, 11) is -4.15. The summed E-state index contributed by atoms with van der Waals surface area (Å²) in [6.45, 7) is 2.89. The molecule has 1 aliphatic rings. The number of amides is 1. The Labute approximate surface area is 206 Å². The fourth-order valence-electron chi connectivity index (χ4n) is 4.20. The maximum absolute atomic E-state index is 14.6. The van der Waals surface area contributed by atoms with Gasteiger partial charge in [-0.1, -0.05) is 61.0 Å². The number of carbonyl (C=O) groups excluding carboxylic acids is 1. The van der Waals surface area contributed by atoms with Crippen LogP contribution in [0.1, 0.15) is 30.4 Å². The molecule has 6 nitrogen and oxygen atoms in total. The van der Waals surface area contributed by atoms with E-state index in [1.807, 2.05) is 12.1 Å². The van der Waals surface area contributed by atoms with Crippen molar-refractivity contribution in [3.05, 3.63) is 95.8 Å². The van der Waals surface area contributed by atoms with E-state index in [1.54, 1.807) is 18.2 Å². The van der Waals surface area contributed by atoms with Gasteiger partial charge in [0.1, 0.15) is 12.4 Å². The number of sulfonamides is 1. The number of rotatable bonds is 9. The predicted molar refractivity (Wildman–Crippen MR) is 135 cm³/mol. The Kier molecular flexibility index (Phi) is 8.15. The molecule has 1 aliphatic heterocycles. The second kappa shape index (κ2) is 11.5. The second-order valence-corrected chi connectivity index (χ2v) is 10.6. The van der Waals surface area contributed by atoms with Gasteiger partial charge in [0.25, 0.3) is 10.0 Å². The molecule has 0 atom stereocenters. The van der Waals surface area contributed by atoms with Crippen LogP contribution in [0.4, 0.5) is 10.1 Å². The third kappa shape index (κ3) is 6.46. The molecule has 0 radical (unpaired) electrons. The molecule has 1 fully saturated rings. The summed E-state index contributed by atoms with van der Waals surface area (Å²) < 4.78 is 41.9. The van der Waals surface area contributed by atoms with E-state index >= 15 is 0 Å². The van der Waals surface area contributed by atoms with E-state index in [4.69, 9.17) is 0 Å². The second-order valence-electron chi connectivity index (χ2n) is 8.71. The first-order valence-electron chi connectivity index (χ1n) is 11.8. The molecule has 0 aliphatic carbocycles. The Balaban J connectivity index is 1.42. The molecule has 1 amide bonds. The Hall–Kier alpha value is -3.23. The van der Waals surface area contributed by atoms with Crippen LogP contribution < -0.4 is 9.62 Å². The number of nitrogens with zero attached hydrogens (tertiary/aromatic N) is 2. The van der Waals surface area contributed by atoms with Crippen molar-refractivity contribution in [2.45, 2.75) is 37.2 Å². The summed E-state index contributed by atoms with van der Waals surface area (Å²) in [6, 6.07) is 21.3. The lowest BCUT2D eigenvalue weighted by atomic mass is 10.1. The van der Waals surface area contributed by atoms with Gasteiger partial charge in [-0.2, -0.15) is 0 Å². The molecule has 35 heavy (non-hydrogen) atoms. The average molecular weight is 496 g/mol. The van der Waals surface area contributed by atoms with Crippen LogP contribution in [0, 0.1) is 5.82 Å². The molecule has 1 heterocycles. The normalized spacial score (nSPS) is 14.4. The van der Waals surface area contributed by atoms with Crippen LogP contribution >= 0.6 is 0 Å². The van der Waals surface area contributed by atoms with Gasteiger partial charge >= 0.3 is 0 Å². The summed E-state index contributed by atoms with van der Waals surface area (Å²) in [5.74, 6) is -1.24. The number of carbonyl (C=O) groups is 1. The Morgan fingerprint density at radius 2 is 1.49 bits per heavy atom. The van der Waals surface area contributed by atoms with E-state index in [2.05, 4.69) is 22.3 Å². The van der Waals surface area contributed by atoms with Crippen LogP contribution in [0.2, 0.25) is 0 Å². The van der Waals surface area contributed by atoms with Gasteiger partial charge in [0.2, 0.25) is 5.91 Å². The van der Waals surface area contributed by atoms with Gasteiger partial charge in [0, 0.05) is 13.1 Å². The maximum atomic E-state index is 14.6. The number of hydrogen-bond acceptors (Lipinski definition) is 4. The minimum atomic E-state index is -4.15. The molecule has 0 spiro atoms. The van der Waals surface area contributed by atoms with E-state index in [9.17, 15) is 17.6 Å². The third-order valence-corrected chi connectivity index (χ3v) is 7.88. The highest BCUT2D eigenvalue weighted by Gasteiger charge is 2.28. The molecule has 0 unspecified atom stereocenters. The molecule has 4 rings (SSSR count). The lowest BCUT2D eigenvalue weighted by molar-refractivity contribution is -0.119. The van der Waals surface area contributed by atoms with Crippen LogP contribution in [0.15, 0.2) is 83.8 Å². The lowest BCUT2D eigenvalue weighted by Crippen LogP contribution is -2.41. The quantitative estimate of drug-likeness (QED) is 0.480. The zero-order chi connectivity index (χ0) is 24.7. The van der Waals surface area contributed by atoms with Gasteiger partial charge in [-0.05, 0) is 61.3 Å². The summed E-state index contributed by atoms with van der Waals surface area (Å²) in [4.78, 5) is 15.2.